The van der Waals surface area contributed by atoms with E-state index in [1.807, 2.05) is 20.8 Å². The maximum absolute atomic E-state index is 11.9. The predicted octanol–water partition coefficient (Wildman–Crippen LogP) is 0.159. The van der Waals surface area contributed by atoms with Crippen LogP contribution in [0.5, 0.6) is 0 Å². The summed E-state index contributed by atoms with van der Waals surface area (Å²) in [6.45, 7) is 7.02. The zero-order valence-corrected chi connectivity index (χ0v) is 10.9. The molecule has 0 aliphatic carbocycles. The van der Waals surface area contributed by atoms with E-state index >= 15 is 0 Å². The lowest BCUT2D eigenvalue weighted by atomic mass is 9.99. The fourth-order valence-corrected chi connectivity index (χ4v) is 1.97. The number of nitrogens with one attached hydrogen (secondary N) is 3. The minimum absolute atomic E-state index is 0.00709. The van der Waals surface area contributed by atoms with Crippen molar-refractivity contribution in [1.82, 2.24) is 16.0 Å². The summed E-state index contributed by atoms with van der Waals surface area (Å²) < 4.78 is 0. The highest BCUT2D eigenvalue weighted by Gasteiger charge is 2.35. The molecule has 0 aromatic heterocycles. The first kappa shape index (κ1) is 14.0. The van der Waals surface area contributed by atoms with Crippen LogP contribution in [0.4, 0.5) is 0 Å². The van der Waals surface area contributed by atoms with Crippen LogP contribution in [0.25, 0.3) is 0 Å². The average Bonchev–Trinajstić information content (AvgIpc) is 2.65. The molecule has 1 fully saturated rings. The molecule has 0 spiro atoms. The number of rotatable bonds is 5. The largest absolute Gasteiger partial charge is 0.354 e. The molecule has 98 valence electrons. The Morgan fingerprint density at radius 3 is 2.65 bits per heavy atom. The quantitative estimate of drug-likeness (QED) is 0.642. The second-order valence-electron chi connectivity index (χ2n) is 5.09. The van der Waals surface area contributed by atoms with Crippen LogP contribution in [-0.2, 0) is 9.59 Å². The van der Waals surface area contributed by atoms with Crippen molar-refractivity contribution >= 4 is 11.8 Å². The third-order valence-corrected chi connectivity index (χ3v) is 2.96. The first-order chi connectivity index (χ1) is 7.94. The van der Waals surface area contributed by atoms with Crippen LogP contribution in [0.3, 0.4) is 0 Å². The Morgan fingerprint density at radius 2 is 2.12 bits per heavy atom. The molecule has 1 heterocycles. The maximum atomic E-state index is 11.9. The number of carbonyl (C=O) groups excluding carboxylic acids is 2. The van der Waals surface area contributed by atoms with E-state index in [2.05, 4.69) is 16.0 Å². The van der Waals surface area contributed by atoms with Gasteiger partial charge in [0, 0.05) is 19.0 Å². The van der Waals surface area contributed by atoms with Gasteiger partial charge in [0.05, 0.1) is 5.54 Å². The Kier molecular flexibility index (Phi) is 4.93. The molecule has 1 atom stereocenters. The van der Waals surface area contributed by atoms with Crippen LogP contribution < -0.4 is 16.0 Å². The van der Waals surface area contributed by atoms with Crippen molar-refractivity contribution in [3.63, 3.8) is 0 Å². The van der Waals surface area contributed by atoms with Crippen molar-refractivity contribution in [2.24, 2.45) is 0 Å². The van der Waals surface area contributed by atoms with Crippen molar-refractivity contribution in [2.45, 2.75) is 51.6 Å². The van der Waals surface area contributed by atoms with Crippen LogP contribution in [0, 0.1) is 0 Å². The van der Waals surface area contributed by atoms with E-state index in [1.54, 1.807) is 0 Å². The van der Waals surface area contributed by atoms with Crippen molar-refractivity contribution in [3.8, 4) is 0 Å². The fraction of sp³-hybridized carbons (Fsp3) is 0.833. The lowest BCUT2D eigenvalue weighted by Gasteiger charge is -2.23. The van der Waals surface area contributed by atoms with Crippen LogP contribution in [0.2, 0.25) is 0 Å². The van der Waals surface area contributed by atoms with E-state index in [9.17, 15) is 9.59 Å². The standard InChI is InChI=1S/C12H23N3O2/c1-9(2)15-10(16)5-8-13-11(17)12(3)6-4-7-14-12/h9,14H,4-8H2,1-3H3,(H,13,17)(H,15,16). The Morgan fingerprint density at radius 1 is 1.41 bits per heavy atom. The van der Waals surface area contributed by atoms with Crippen LogP contribution >= 0.6 is 0 Å². The van der Waals surface area contributed by atoms with Gasteiger partial charge in [-0.15, -0.1) is 0 Å². The number of hydrogen-bond donors (Lipinski definition) is 3. The monoisotopic (exact) mass is 241 g/mol. The Bertz CT molecular complexity index is 283. The normalized spacial score (nSPS) is 23.8. The SMILES string of the molecule is CC(C)NC(=O)CCNC(=O)C1(C)CCCN1. The molecular weight excluding hydrogens is 218 g/mol. The van der Waals surface area contributed by atoms with E-state index < -0.39 is 5.54 Å². The Hall–Kier alpha value is -1.10. The second-order valence-corrected chi connectivity index (χ2v) is 5.09. The number of amides is 2. The Balaban J connectivity index is 2.22. The van der Waals surface area contributed by atoms with E-state index in [-0.39, 0.29) is 17.9 Å². The number of hydrogen-bond acceptors (Lipinski definition) is 3. The maximum Gasteiger partial charge on any atom is 0.240 e. The molecule has 1 unspecified atom stereocenters. The van der Waals surface area contributed by atoms with Gasteiger partial charge in [-0.3, -0.25) is 9.59 Å². The van der Waals surface area contributed by atoms with E-state index in [0.29, 0.717) is 13.0 Å². The summed E-state index contributed by atoms with van der Waals surface area (Å²) in [6.07, 6.45) is 2.22. The van der Waals surface area contributed by atoms with Gasteiger partial charge in [-0.05, 0) is 40.2 Å². The molecule has 1 aliphatic rings. The van der Waals surface area contributed by atoms with E-state index in [1.165, 1.54) is 0 Å². The topological polar surface area (TPSA) is 70.2 Å². The molecule has 0 bridgehead atoms. The third kappa shape index (κ3) is 4.34. The summed E-state index contributed by atoms with van der Waals surface area (Å²) in [6, 6.07) is 0.146. The van der Waals surface area contributed by atoms with Crippen LogP contribution in [-0.4, -0.2) is 36.5 Å². The molecule has 5 heteroatoms. The van der Waals surface area contributed by atoms with Crippen molar-refractivity contribution in [1.29, 1.82) is 0 Å². The van der Waals surface area contributed by atoms with Crippen LogP contribution in [0.1, 0.15) is 40.0 Å². The van der Waals surface area contributed by atoms with Crippen molar-refractivity contribution in [2.75, 3.05) is 13.1 Å². The average molecular weight is 241 g/mol. The smallest absolute Gasteiger partial charge is 0.240 e. The second kappa shape index (κ2) is 6.00. The lowest BCUT2D eigenvalue weighted by molar-refractivity contribution is -0.126. The first-order valence-electron chi connectivity index (χ1n) is 6.27. The minimum atomic E-state index is -0.450. The summed E-state index contributed by atoms with van der Waals surface area (Å²) in [5, 5.41) is 8.79. The molecule has 1 aliphatic heterocycles. The van der Waals surface area contributed by atoms with Gasteiger partial charge in [0.2, 0.25) is 11.8 Å². The molecule has 1 rings (SSSR count). The molecule has 2 amide bonds. The van der Waals surface area contributed by atoms with Gasteiger partial charge < -0.3 is 16.0 Å². The highest BCUT2D eigenvalue weighted by atomic mass is 16.2. The molecule has 0 saturated carbocycles. The predicted molar refractivity (Wildman–Crippen MR) is 66.5 cm³/mol. The molecule has 0 aromatic rings. The fourth-order valence-electron chi connectivity index (χ4n) is 1.97. The van der Waals surface area contributed by atoms with Gasteiger partial charge in [0.25, 0.3) is 0 Å². The minimum Gasteiger partial charge on any atom is -0.354 e. The zero-order chi connectivity index (χ0) is 12.9. The lowest BCUT2D eigenvalue weighted by Crippen LogP contribution is -2.51. The molecule has 0 aromatic carbocycles. The molecule has 1 saturated heterocycles. The van der Waals surface area contributed by atoms with E-state index in [0.717, 1.165) is 19.4 Å². The molecule has 17 heavy (non-hydrogen) atoms. The van der Waals surface area contributed by atoms with E-state index in [4.69, 9.17) is 0 Å². The van der Waals surface area contributed by atoms with Crippen molar-refractivity contribution < 1.29 is 9.59 Å². The van der Waals surface area contributed by atoms with Crippen LogP contribution in [0.15, 0.2) is 0 Å². The summed E-state index contributed by atoms with van der Waals surface area (Å²) in [7, 11) is 0. The van der Waals surface area contributed by atoms with Gasteiger partial charge in [0.1, 0.15) is 0 Å². The highest BCUT2D eigenvalue weighted by Crippen LogP contribution is 2.18. The molecular formula is C12H23N3O2. The van der Waals surface area contributed by atoms with Crippen molar-refractivity contribution in [3.05, 3.63) is 0 Å². The molecule has 3 N–H and O–H groups in total. The van der Waals surface area contributed by atoms with Gasteiger partial charge in [0.15, 0.2) is 0 Å². The molecule has 0 radical (unpaired) electrons. The first-order valence-corrected chi connectivity index (χ1v) is 6.27. The summed E-state index contributed by atoms with van der Waals surface area (Å²) in [5.41, 5.74) is -0.450. The summed E-state index contributed by atoms with van der Waals surface area (Å²) in [4.78, 5) is 23.2. The Labute approximate surface area is 103 Å². The third-order valence-electron chi connectivity index (χ3n) is 2.96. The van der Waals surface area contributed by atoms with Gasteiger partial charge in [-0.25, -0.2) is 0 Å². The highest BCUT2D eigenvalue weighted by molar-refractivity contribution is 5.86. The number of carbonyl (C=O) groups is 2. The van der Waals surface area contributed by atoms with Gasteiger partial charge in [-0.2, -0.15) is 0 Å². The zero-order valence-electron chi connectivity index (χ0n) is 10.9. The van der Waals surface area contributed by atoms with Gasteiger partial charge in [-0.1, -0.05) is 0 Å². The summed E-state index contributed by atoms with van der Waals surface area (Å²) >= 11 is 0. The van der Waals surface area contributed by atoms with Gasteiger partial charge >= 0.3 is 0 Å². The summed E-state index contributed by atoms with van der Waals surface area (Å²) in [5.74, 6) is -0.0304. The molecule has 5 nitrogen and oxygen atoms in total.